The predicted octanol–water partition coefficient (Wildman–Crippen LogP) is 1.27. The van der Waals surface area contributed by atoms with Crippen molar-refractivity contribution in [3.63, 3.8) is 0 Å². The topological polar surface area (TPSA) is 104 Å². The lowest BCUT2D eigenvalue weighted by Gasteiger charge is -2.05. The van der Waals surface area contributed by atoms with Gasteiger partial charge in [-0.1, -0.05) is 0 Å². The number of nitrogens with zero attached hydrogens (tertiary/aromatic N) is 5. The minimum Gasteiger partial charge on any atom is -0.370 e. The van der Waals surface area contributed by atoms with Gasteiger partial charge in [-0.25, -0.2) is 4.98 Å². The lowest BCUT2D eigenvalue weighted by molar-refractivity contribution is -0.118. The van der Waals surface area contributed by atoms with Crippen LogP contribution in [0.5, 0.6) is 0 Å². The van der Waals surface area contributed by atoms with Crippen molar-refractivity contribution in [2.75, 3.05) is 5.32 Å². The van der Waals surface area contributed by atoms with Crippen molar-refractivity contribution in [3.05, 3.63) is 30.9 Å². The molecule has 0 aliphatic rings. The minimum atomic E-state index is -0.332. The van der Waals surface area contributed by atoms with Crippen LogP contribution in [0.1, 0.15) is 13.3 Å². The highest BCUT2D eigenvalue weighted by molar-refractivity contribution is 5.77. The van der Waals surface area contributed by atoms with Crippen LogP contribution in [0.2, 0.25) is 0 Å². The zero-order valence-electron chi connectivity index (χ0n) is 12.2. The second-order valence-corrected chi connectivity index (χ2v) is 4.91. The van der Waals surface area contributed by atoms with Crippen molar-refractivity contribution in [3.8, 4) is 0 Å². The molecule has 0 aromatic carbocycles. The van der Waals surface area contributed by atoms with Gasteiger partial charge >= 0.3 is 0 Å². The molecule has 0 bridgehead atoms. The number of rotatable bonds is 6. The van der Waals surface area contributed by atoms with Crippen molar-refractivity contribution < 1.29 is 4.79 Å². The van der Waals surface area contributed by atoms with Gasteiger partial charge in [0.25, 0.3) is 0 Å². The van der Waals surface area contributed by atoms with Crippen LogP contribution in [-0.2, 0) is 17.9 Å². The molecule has 0 saturated heterocycles. The Morgan fingerprint density at radius 2 is 2.27 bits per heavy atom. The summed E-state index contributed by atoms with van der Waals surface area (Å²) in [5.74, 6) is 0.156. The van der Waals surface area contributed by atoms with Gasteiger partial charge in [0.1, 0.15) is 5.65 Å². The van der Waals surface area contributed by atoms with Gasteiger partial charge in [-0.2, -0.15) is 10.1 Å². The van der Waals surface area contributed by atoms with Crippen LogP contribution in [0.3, 0.4) is 0 Å². The van der Waals surface area contributed by atoms with E-state index in [0.717, 1.165) is 23.3 Å². The molecule has 8 heteroatoms. The van der Waals surface area contributed by atoms with Gasteiger partial charge in [-0.15, -0.1) is 0 Å². The first-order valence-corrected chi connectivity index (χ1v) is 7.05. The first kappa shape index (κ1) is 14.1. The van der Waals surface area contributed by atoms with E-state index in [1.54, 1.807) is 12.4 Å². The maximum Gasteiger partial charge on any atom is 0.229 e. The molecule has 22 heavy (non-hydrogen) atoms. The van der Waals surface area contributed by atoms with Crippen molar-refractivity contribution in [1.82, 2.24) is 24.3 Å². The van der Waals surface area contributed by atoms with Crippen molar-refractivity contribution in [2.45, 2.75) is 26.4 Å². The molecule has 3 aromatic heterocycles. The summed E-state index contributed by atoms with van der Waals surface area (Å²) < 4.78 is 3.71. The molecule has 1 amide bonds. The summed E-state index contributed by atoms with van der Waals surface area (Å²) in [5, 5.41) is 8.23. The summed E-state index contributed by atoms with van der Waals surface area (Å²) in [6, 6.07) is 1.91. The standard InChI is InChI=1S/C14H17N7O/c1-2-21-9-11(8-17-21)18-14-16-7-10-3-5-20(13(10)19-14)6-4-12(15)22/h3,5,7-9H,2,4,6H2,1H3,(H2,15,22)(H,16,18,19). The zero-order chi connectivity index (χ0) is 15.5. The molecule has 0 atom stereocenters. The first-order chi connectivity index (χ1) is 10.7. The summed E-state index contributed by atoms with van der Waals surface area (Å²) in [7, 11) is 0. The fourth-order valence-corrected chi connectivity index (χ4v) is 2.17. The molecule has 0 spiro atoms. The van der Waals surface area contributed by atoms with E-state index in [1.807, 2.05) is 34.6 Å². The van der Waals surface area contributed by atoms with Crippen molar-refractivity contribution in [1.29, 1.82) is 0 Å². The molecule has 3 heterocycles. The molecule has 3 aromatic rings. The molecule has 0 aliphatic heterocycles. The number of carbonyl (C=O) groups excluding carboxylic acids is 1. The molecular formula is C14H17N7O. The zero-order valence-corrected chi connectivity index (χ0v) is 12.2. The molecule has 0 unspecified atom stereocenters. The molecule has 0 aliphatic carbocycles. The van der Waals surface area contributed by atoms with Crippen molar-refractivity contribution >= 4 is 28.6 Å². The van der Waals surface area contributed by atoms with Gasteiger partial charge in [0.15, 0.2) is 0 Å². The van der Waals surface area contributed by atoms with Gasteiger partial charge in [-0.3, -0.25) is 9.48 Å². The maximum atomic E-state index is 10.9. The number of nitrogens with two attached hydrogens (primary N) is 1. The van der Waals surface area contributed by atoms with Crippen LogP contribution in [0.25, 0.3) is 11.0 Å². The quantitative estimate of drug-likeness (QED) is 0.713. The fraction of sp³-hybridized carbons (Fsp3) is 0.286. The Bertz CT molecular complexity index is 804. The average Bonchev–Trinajstić information content (AvgIpc) is 3.11. The van der Waals surface area contributed by atoms with Gasteiger partial charge in [-0.05, 0) is 13.0 Å². The van der Waals surface area contributed by atoms with Crippen LogP contribution in [0.4, 0.5) is 11.6 Å². The van der Waals surface area contributed by atoms with Crippen LogP contribution in [0.15, 0.2) is 30.9 Å². The largest absolute Gasteiger partial charge is 0.370 e. The van der Waals surface area contributed by atoms with E-state index in [9.17, 15) is 4.79 Å². The second kappa shape index (κ2) is 5.84. The third kappa shape index (κ3) is 2.90. The Labute approximate surface area is 127 Å². The van der Waals surface area contributed by atoms with E-state index in [4.69, 9.17) is 5.73 Å². The predicted molar refractivity (Wildman–Crippen MR) is 82.5 cm³/mol. The SMILES string of the molecule is CCn1cc(Nc2ncc3ccn(CCC(N)=O)c3n2)cn1. The normalized spacial score (nSPS) is 11.0. The van der Waals surface area contributed by atoms with E-state index in [-0.39, 0.29) is 12.3 Å². The Morgan fingerprint density at radius 3 is 3.00 bits per heavy atom. The highest BCUT2D eigenvalue weighted by Gasteiger charge is 2.07. The summed E-state index contributed by atoms with van der Waals surface area (Å²) >= 11 is 0. The van der Waals surface area contributed by atoms with Crippen LogP contribution in [0, 0.1) is 0 Å². The monoisotopic (exact) mass is 299 g/mol. The third-order valence-electron chi connectivity index (χ3n) is 3.31. The van der Waals surface area contributed by atoms with Crippen LogP contribution >= 0.6 is 0 Å². The Balaban J connectivity index is 1.84. The smallest absolute Gasteiger partial charge is 0.229 e. The summed E-state index contributed by atoms with van der Waals surface area (Å²) in [6.45, 7) is 3.32. The molecule has 3 N–H and O–H groups in total. The fourth-order valence-electron chi connectivity index (χ4n) is 2.17. The molecule has 3 rings (SSSR count). The number of aromatic nitrogens is 5. The van der Waals surface area contributed by atoms with Crippen LogP contribution < -0.4 is 11.1 Å². The summed E-state index contributed by atoms with van der Waals surface area (Å²) in [4.78, 5) is 19.7. The van der Waals surface area contributed by atoms with E-state index in [2.05, 4.69) is 20.4 Å². The number of primary amides is 1. The molecular weight excluding hydrogens is 282 g/mol. The number of hydrogen-bond donors (Lipinski definition) is 2. The molecule has 0 fully saturated rings. The number of hydrogen-bond acceptors (Lipinski definition) is 5. The van der Waals surface area contributed by atoms with E-state index in [0.29, 0.717) is 12.5 Å². The number of fused-ring (bicyclic) bond motifs is 1. The van der Waals surface area contributed by atoms with Crippen molar-refractivity contribution in [2.24, 2.45) is 5.73 Å². The second-order valence-electron chi connectivity index (χ2n) is 4.91. The van der Waals surface area contributed by atoms with Gasteiger partial charge < -0.3 is 15.6 Å². The Morgan fingerprint density at radius 1 is 1.41 bits per heavy atom. The van der Waals surface area contributed by atoms with Gasteiger partial charge in [0.05, 0.1) is 11.9 Å². The molecule has 0 saturated carbocycles. The van der Waals surface area contributed by atoms with E-state index < -0.39 is 0 Å². The number of aryl methyl sites for hydroxylation is 2. The molecule has 8 nitrogen and oxygen atoms in total. The summed E-state index contributed by atoms with van der Waals surface area (Å²) in [5.41, 5.74) is 6.79. The third-order valence-corrected chi connectivity index (χ3v) is 3.31. The number of anilines is 2. The van der Waals surface area contributed by atoms with E-state index >= 15 is 0 Å². The number of carbonyl (C=O) groups is 1. The number of nitrogens with one attached hydrogen (secondary N) is 1. The first-order valence-electron chi connectivity index (χ1n) is 7.05. The molecule has 114 valence electrons. The Kier molecular flexibility index (Phi) is 3.73. The highest BCUT2D eigenvalue weighted by atomic mass is 16.1. The van der Waals surface area contributed by atoms with Gasteiger partial charge in [0.2, 0.25) is 11.9 Å². The van der Waals surface area contributed by atoms with Gasteiger partial charge in [0, 0.05) is 43.5 Å². The number of amides is 1. The van der Waals surface area contributed by atoms with E-state index in [1.165, 1.54) is 0 Å². The molecule has 0 radical (unpaired) electrons. The lowest BCUT2D eigenvalue weighted by atomic mass is 10.4. The van der Waals surface area contributed by atoms with Crippen LogP contribution in [-0.4, -0.2) is 30.2 Å². The maximum absolute atomic E-state index is 10.9. The lowest BCUT2D eigenvalue weighted by Crippen LogP contribution is -2.13. The highest BCUT2D eigenvalue weighted by Crippen LogP contribution is 2.17. The average molecular weight is 299 g/mol. The summed E-state index contributed by atoms with van der Waals surface area (Å²) in [6.07, 6.45) is 7.51. The Hall–Kier alpha value is -2.90. The minimum absolute atomic E-state index is 0.278.